The Morgan fingerprint density at radius 3 is 2.88 bits per heavy atom. The molecule has 0 saturated heterocycles. The van der Waals surface area contributed by atoms with Crippen molar-refractivity contribution >= 4 is 0 Å². The Hall–Kier alpha value is -1.12. The summed E-state index contributed by atoms with van der Waals surface area (Å²) in [6.45, 7) is 2.15. The maximum atomic E-state index is 11.5. The van der Waals surface area contributed by atoms with Crippen molar-refractivity contribution in [1.82, 2.24) is 9.97 Å². The minimum Gasteiger partial charge on any atom is -0.311 e. The highest BCUT2D eigenvalue weighted by Gasteiger charge is 2.19. The molecule has 1 aromatic rings. The van der Waals surface area contributed by atoms with E-state index in [4.69, 9.17) is 0 Å². The van der Waals surface area contributed by atoms with Crippen LogP contribution in [0, 0.1) is 0 Å². The number of unbranched alkanes of at least 4 members (excludes halogenated alkanes) is 1. The number of aryl methyl sites for hydroxylation is 1. The van der Waals surface area contributed by atoms with Gasteiger partial charge in [-0.05, 0) is 19.3 Å². The van der Waals surface area contributed by atoms with Crippen molar-refractivity contribution in [2.75, 3.05) is 0 Å². The van der Waals surface area contributed by atoms with Gasteiger partial charge in [-0.2, -0.15) is 0 Å². The molecule has 1 heterocycles. The summed E-state index contributed by atoms with van der Waals surface area (Å²) in [5, 5.41) is 0. The van der Waals surface area contributed by atoms with Gasteiger partial charge in [0.05, 0.1) is 5.69 Å². The lowest BCUT2D eigenvalue weighted by atomic mass is 10.0. The Balaban J connectivity index is 2.17. The zero-order valence-corrected chi connectivity index (χ0v) is 9.96. The van der Waals surface area contributed by atoms with Crippen LogP contribution in [0.2, 0.25) is 0 Å². The molecule has 1 aliphatic rings. The van der Waals surface area contributed by atoms with Crippen LogP contribution >= 0.6 is 0 Å². The Bertz CT molecular complexity index is 391. The summed E-state index contributed by atoms with van der Waals surface area (Å²) in [6.07, 6.45) is 8.08. The van der Waals surface area contributed by atoms with Crippen LogP contribution in [-0.2, 0) is 6.42 Å². The van der Waals surface area contributed by atoms with Crippen LogP contribution in [-0.4, -0.2) is 9.97 Å². The predicted molar refractivity (Wildman–Crippen MR) is 64.7 cm³/mol. The molecule has 2 rings (SSSR count). The number of hydrogen-bond acceptors (Lipinski definition) is 2. The van der Waals surface area contributed by atoms with Gasteiger partial charge < -0.3 is 4.98 Å². The fraction of sp³-hybridized carbons (Fsp3) is 0.692. The second-order valence-corrected chi connectivity index (χ2v) is 4.70. The molecule has 0 radical (unpaired) electrons. The molecule has 0 aliphatic heterocycles. The molecule has 0 atom stereocenters. The van der Waals surface area contributed by atoms with Crippen LogP contribution < -0.4 is 5.56 Å². The second-order valence-electron chi connectivity index (χ2n) is 4.70. The molecule has 1 aliphatic carbocycles. The molecule has 0 spiro atoms. The van der Waals surface area contributed by atoms with Crippen LogP contribution in [0.3, 0.4) is 0 Å². The molecule has 1 saturated carbocycles. The van der Waals surface area contributed by atoms with E-state index < -0.39 is 0 Å². The number of aromatic nitrogens is 2. The Kier molecular flexibility index (Phi) is 3.75. The highest BCUT2D eigenvalue weighted by atomic mass is 16.1. The van der Waals surface area contributed by atoms with Crippen molar-refractivity contribution in [3.63, 3.8) is 0 Å². The van der Waals surface area contributed by atoms with E-state index in [0.717, 1.165) is 30.8 Å². The molecule has 0 bridgehead atoms. The van der Waals surface area contributed by atoms with Crippen molar-refractivity contribution in [3.05, 3.63) is 27.9 Å². The van der Waals surface area contributed by atoms with Crippen LogP contribution in [0.15, 0.2) is 10.9 Å². The quantitative estimate of drug-likeness (QED) is 0.848. The molecular weight excluding hydrogens is 200 g/mol. The fourth-order valence-corrected chi connectivity index (χ4v) is 2.42. The molecule has 1 aromatic heterocycles. The number of rotatable bonds is 4. The largest absolute Gasteiger partial charge is 0.311 e. The molecule has 88 valence electrons. The van der Waals surface area contributed by atoms with Crippen molar-refractivity contribution in [2.45, 2.75) is 57.8 Å². The topological polar surface area (TPSA) is 45.8 Å². The van der Waals surface area contributed by atoms with E-state index >= 15 is 0 Å². The van der Waals surface area contributed by atoms with E-state index in [9.17, 15) is 4.79 Å². The van der Waals surface area contributed by atoms with Gasteiger partial charge >= 0.3 is 0 Å². The number of H-pyrrole nitrogens is 1. The van der Waals surface area contributed by atoms with Gasteiger partial charge in [0, 0.05) is 18.4 Å². The Morgan fingerprint density at radius 1 is 1.44 bits per heavy atom. The Labute approximate surface area is 96.3 Å². The van der Waals surface area contributed by atoms with Crippen LogP contribution in [0.4, 0.5) is 0 Å². The second kappa shape index (κ2) is 5.28. The van der Waals surface area contributed by atoms with Crippen molar-refractivity contribution < 1.29 is 0 Å². The molecule has 3 heteroatoms. The minimum atomic E-state index is 0.0167. The van der Waals surface area contributed by atoms with Gasteiger partial charge in [-0.25, -0.2) is 4.98 Å². The van der Waals surface area contributed by atoms with Crippen LogP contribution in [0.1, 0.15) is 62.9 Å². The van der Waals surface area contributed by atoms with E-state index in [1.54, 1.807) is 6.07 Å². The van der Waals surface area contributed by atoms with Crippen LogP contribution in [0.5, 0.6) is 0 Å². The molecule has 0 amide bonds. The number of nitrogens with one attached hydrogen (secondary N) is 1. The molecule has 0 unspecified atom stereocenters. The molecule has 0 aromatic carbocycles. The highest BCUT2D eigenvalue weighted by Crippen LogP contribution is 2.32. The van der Waals surface area contributed by atoms with Gasteiger partial charge in [0.15, 0.2) is 0 Å². The smallest absolute Gasteiger partial charge is 0.251 e. The molecule has 1 fully saturated rings. The van der Waals surface area contributed by atoms with Crippen molar-refractivity contribution in [2.24, 2.45) is 0 Å². The average molecular weight is 220 g/mol. The first-order valence-electron chi connectivity index (χ1n) is 6.39. The lowest BCUT2D eigenvalue weighted by Crippen LogP contribution is -2.14. The highest BCUT2D eigenvalue weighted by molar-refractivity contribution is 5.10. The predicted octanol–water partition coefficient (Wildman–Crippen LogP) is 2.77. The van der Waals surface area contributed by atoms with Gasteiger partial charge in [-0.3, -0.25) is 4.79 Å². The minimum absolute atomic E-state index is 0.0167. The molecular formula is C13H20N2O. The van der Waals surface area contributed by atoms with Gasteiger partial charge in [0.2, 0.25) is 0 Å². The van der Waals surface area contributed by atoms with Crippen molar-refractivity contribution in [1.29, 1.82) is 0 Å². The van der Waals surface area contributed by atoms with Gasteiger partial charge in [-0.15, -0.1) is 0 Å². The summed E-state index contributed by atoms with van der Waals surface area (Å²) in [6, 6.07) is 1.69. The summed E-state index contributed by atoms with van der Waals surface area (Å²) < 4.78 is 0. The zero-order valence-electron chi connectivity index (χ0n) is 9.96. The first kappa shape index (κ1) is 11.4. The lowest BCUT2D eigenvalue weighted by molar-refractivity contribution is 0.668. The van der Waals surface area contributed by atoms with Gasteiger partial charge in [0.25, 0.3) is 5.56 Å². The monoisotopic (exact) mass is 220 g/mol. The SMILES string of the molecule is CCCCc1nc(C2CCCC2)cc(=O)[nH]1. The van der Waals surface area contributed by atoms with E-state index in [-0.39, 0.29) is 5.56 Å². The number of aromatic amines is 1. The first-order chi connectivity index (χ1) is 7.79. The van der Waals surface area contributed by atoms with E-state index in [2.05, 4.69) is 16.9 Å². The Morgan fingerprint density at radius 2 is 2.19 bits per heavy atom. The summed E-state index contributed by atoms with van der Waals surface area (Å²) >= 11 is 0. The van der Waals surface area contributed by atoms with E-state index in [1.165, 1.54) is 25.7 Å². The third kappa shape index (κ3) is 2.71. The summed E-state index contributed by atoms with van der Waals surface area (Å²) in [5.74, 6) is 1.40. The number of nitrogens with zero attached hydrogens (tertiary/aromatic N) is 1. The lowest BCUT2D eigenvalue weighted by Gasteiger charge is -2.09. The van der Waals surface area contributed by atoms with Gasteiger partial charge in [0.1, 0.15) is 5.82 Å². The molecule has 16 heavy (non-hydrogen) atoms. The zero-order chi connectivity index (χ0) is 11.4. The normalized spacial score (nSPS) is 16.8. The standard InChI is InChI=1S/C13H20N2O/c1-2-3-8-12-14-11(9-13(16)15-12)10-6-4-5-7-10/h9-10H,2-8H2,1H3,(H,14,15,16). The maximum Gasteiger partial charge on any atom is 0.251 e. The fourth-order valence-electron chi connectivity index (χ4n) is 2.42. The third-order valence-corrected chi connectivity index (χ3v) is 3.35. The van der Waals surface area contributed by atoms with Gasteiger partial charge in [-0.1, -0.05) is 26.2 Å². The number of hydrogen-bond donors (Lipinski definition) is 1. The van der Waals surface area contributed by atoms with Crippen molar-refractivity contribution in [3.8, 4) is 0 Å². The third-order valence-electron chi connectivity index (χ3n) is 3.35. The summed E-state index contributed by atoms with van der Waals surface area (Å²) in [5.41, 5.74) is 1.04. The summed E-state index contributed by atoms with van der Waals surface area (Å²) in [7, 11) is 0. The van der Waals surface area contributed by atoms with E-state index in [0.29, 0.717) is 5.92 Å². The van der Waals surface area contributed by atoms with Crippen LogP contribution in [0.25, 0.3) is 0 Å². The first-order valence-corrected chi connectivity index (χ1v) is 6.39. The van der Waals surface area contributed by atoms with E-state index in [1.807, 2.05) is 0 Å². The molecule has 3 nitrogen and oxygen atoms in total. The molecule has 1 N–H and O–H groups in total. The summed E-state index contributed by atoms with van der Waals surface area (Å²) in [4.78, 5) is 19.0. The average Bonchev–Trinajstić information content (AvgIpc) is 2.79. The maximum absolute atomic E-state index is 11.5.